The number of rotatable bonds is 4. The summed E-state index contributed by atoms with van der Waals surface area (Å²) in [6.07, 6.45) is 5.59. The van der Waals surface area contributed by atoms with Gasteiger partial charge in [-0.1, -0.05) is 0 Å². The lowest BCUT2D eigenvalue weighted by atomic mass is 10.0. The van der Waals surface area contributed by atoms with Crippen molar-refractivity contribution in [2.45, 2.75) is 25.9 Å². The van der Waals surface area contributed by atoms with Crippen molar-refractivity contribution >= 4 is 0 Å². The Kier molecular flexibility index (Phi) is 3.02. The molecule has 2 heterocycles. The zero-order valence-electron chi connectivity index (χ0n) is 10.8. The van der Waals surface area contributed by atoms with E-state index in [4.69, 9.17) is 0 Å². The Morgan fingerprint density at radius 2 is 2.18 bits per heavy atom. The first-order valence-corrected chi connectivity index (χ1v) is 5.71. The van der Waals surface area contributed by atoms with Gasteiger partial charge in [0.1, 0.15) is 0 Å². The fourth-order valence-electron chi connectivity index (χ4n) is 1.83. The fourth-order valence-corrected chi connectivity index (χ4v) is 1.83. The highest BCUT2D eigenvalue weighted by molar-refractivity contribution is 5.13. The van der Waals surface area contributed by atoms with Crippen LogP contribution >= 0.6 is 0 Å². The van der Waals surface area contributed by atoms with Gasteiger partial charge in [-0.15, -0.1) is 0 Å². The Morgan fingerprint density at radius 1 is 1.41 bits per heavy atom. The fraction of sp³-hybridized carbons (Fsp3) is 0.500. The average molecular weight is 233 g/mol. The molecule has 0 aliphatic carbocycles. The molecule has 5 nitrogen and oxygen atoms in total. The highest BCUT2D eigenvalue weighted by Gasteiger charge is 2.22. The van der Waals surface area contributed by atoms with Crippen molar-refractivity contribution in [3.05, 3.63) is 36.2 Å². The van der Waals surface area contributed by atoms with Crippen LogP contribution in [0.4, 0.5) is 0 Å². The van der Waals surface area contributed by atoms with E-state index in [-0.39, 0.29) is 5.54 Å². The van der Waals surface area contributed by atoms with Crippen LogP contribution in [0.1, 0.15) is 25.2 Å². The molecule has 0 saturated heterocycles. The molecule has 0 aromatic carbocycles. The maximum atomic E-state index is 4.24. The Labute approximate surface area is 101 Å². The minimum Gasteiger partial charge on any atom is -0.327 e. The molecule has 2 aromatic rings. The van der Waals surface area contributed by atoms with Crippen LogP contribution in [0.2, 0.25) is 0 Å². The van der Waals surface area contributed by atoms with Gasteiger partial charge in [-0.3, -0.25) is 4.68 Å². The van der Waals surface area contributed by atoms with Crippen LogP contribution < -0.4 is 5.32 Å². The summed E-state index contributed by atoms with van der Waals surface area (Å²) in [6, 6.07) is 2.02. The zero-order chi connectivity index (χ0) is 12.5. The van der Waals surface area contributed by atoms with Gasteiger partial charge >= 0.3 is 0 Å². The van der Waals surface area contributed by atoms with Crippen molar-refractivity contribution in [3.63, 3.8) is 0 Å². The Hall–Kier alpha value is -1.62. The number of aromatic nitrogens is 4. The normalized spacial score (nSPS) is 12.0. The van der Waals surface area contributed by atoms with Crippen LogP contribution in [-0.2, 0) is 19.1 Å². The van der Waals surface area contributed by atoms with Crippen LogP contribution in [0.5, 0.6) is 0 Å². The highest BCUT2D eigenvalue weighted by atomic mass is 15.3. The first-order chi connectivity index (χ1) is 8.04. The summed E-state index contributed by atoms with van der Waals surface area (Å²) in [5, 5.41) is 7.47. The Morgan fingerprint density at radius 3 is 2.76 bits per heavy atom. The van der Waals surface area contributed by atoms with Gasteiger partial charge in [0.25, 0.3) is 0 Å². The topological polar surface area (TPSA) is 47.7 Å². The third kappa shape index (κ3) is 2.24. The molecule has 0 aliphatic heterocycles. The lowest BCUT2D eigenvalue weighted by Gasteiger charge is -2.25. The molecular weight excluding hydrogens is 214 g/mol. The molecule has 92 valence electrons. The predicted molar refractivity (Wildman–Crippen MR) is 66.6 cm³/mol. The first kappa shape index (κ1) is 11.9. The smallest absolute Gasteiger partial charge is 0.0952 e. The lowest BCUT2D eigenvalue weighted by molar-refractivity contribution is 0.411. The number of nitrogens with one attached hydrogen (secondary N) is 1. The standard InChI is InChI=1S/C12H19N5/c1-12(2,13-3)11-7-14-9-17(11)8-10-5-6-15-16(10)4/h5-7,9,13H,8H2,1-4H3. The summed E-state index contributed by atoms with van der Waals surface area (Å²) in [4.78, 5) is 4.24. The van der Waals surface area contributed by atoms with E-state index in [9.17, 15) is 0 Å². The van der Waals surface area contributed by atoms with Gasteiger partial charge in [-0.25, -0.2) is 4.98 Å². The van der Waals surface area contributed by atoms with Crippen molar-refractivity contribution in [3.8, 4) is 0 Å². The van der Waals surface area contributed by atoms with E-state index in [1.165, 1.54) is 5.69 Å². The number of imidazole rings is 1. The number of hydrogen-bond acceptors (Lipinski definition) is 3. The number of aryl methyl sites for hydroxylation is 1. The highest BCUT2D eigenvalue weighted by Crippen LogP contribution is 2.19. The molecule has 5 heteroatoms. The van der Waals surface area contributed by atoms with Crippen molar-refractivity contribution in [2.75, 3.05) is 7.05 Å². The van der Waals surface area contributed by atoms with Gasteiger partial charge in [0.05, 0.1) is 36.0 Å². The van der Waals surface area contributed by atoms with E-state index in [0.717, 1.165) is 12.2 Å². The second-order valence-electron chi connectivity index (χ2n) is 4.73. The van der Waals surface area contributed by atoms with E-state index in [0.29, 0.717) is 0 Å². The molecule has 0 radical (unpaired) electrons. The van der Waals surface area contributed by atoms with Crippen LogP contribution in [0, 0.1) is 0 Å². The molecule has 0 fully saturated rings. The third-order valence-electron chi connectivity index (χ3n) is 3.23. The van der Waals surface area contributed by atoms with Gasteiger partial charge in [0.2, 0.25) is 0 Å². The van der Waals surface area contributed by atoms with Crippen molar-refractivity contribution in [1.82, 2.24) is 24.6 Å². The molecule has 17 heavy (non-hydrogen) atoms. The molecule has 0 atom stereocenters. The molecule has 0 saturated carbocycles. The first-order valence-electron chi connectivity index (χ1n) is 5.71. The summed E-state index contributed by atoms with van der Waals surface area (Å²) in [6.45, 7) is 5.07. The molecule has 2 aromatic heterocycles. The molecule has 0 aliphatic rings. The molecule has 0 unspecified atom stereocenters. The largest absolute Gasteiger partial charge is 0.327 e. The van der Waals surface area contributed by atoms with E-state index < -0.39 is 0 Å². The van der Waals surface area contributed by atoms with Crippen molar-refractivity contribution < 1.29 is 0 Å². The van der Waals surface area contributed by atoms with Crippen LogP contribution in [0.15, 0.2) is 24.8 Å². The minimum atomic E-state index is -0.0882. The van der Waals surface area contributed by atoms with Gasteiger partial charge < -0.3 is 9.88 Å². The van der Waals surface area contributed by atoms with Gasteiger partial charge in [0, 0.05) is 13.2 Å². The second kappa shape index (κ2) is 4.33. The van der Waals surface area contributed by atoms with Crippen LogP contribution in [-0.4, -0.2) is 26.4 Å². The summed E-state index contributed by atoms with van der Waals surface area (Å²) in [5.41, 5.74) is 2.24. The number of hydrogen-bond donors (Lipinski definition) is 1. The molecule has 0 bridgehead atoms. The lowest BCUT2D eigenvalue weighted by Crippen LogP contribution is -2.35. The minimum absolute atomic E-state index is 0.0882. The molecule has 0 amide bonds. The molecular formula is C12H19N5. The summed E-state index contributed by atoms with van der Waals surface area (Å²) in [5.74, 6) is 0. The SMILES string of the molecule is CNC(C)(C)c1cncn1Cc1ccnn1C. The van der Waals surface area contributed by atoms with E-state index in [1.807, 2.05) is 43.6 Å². The van der Waals surface area contributed by atoms with Crippen LogP contribution in [0.25, 0.3) is 0 Å². The molecule has 0 spiro atoms. The van der Waals surface area contributed by atoms with Crippen molar-refractivity contribution in [2.24, 2.45) is 7.05 Å². The van der Waals surface area contributed by atoms with E-state index in [2.05, 4.69) is 33.8 Å². The monoisotopic (exact) mass is 233 g/mol. The van der Waals surface area contributed by atoms with Gasteiger partial charge in [0.15, 0.2) is 0 Å². The quantitative estimate of drug-likeness (QED) is 0.861. The second-order valence-corrected chi connectivity index (χ2v) is 4.73. The Bertz CT molecular complexity index is 494. The predicted octanol–water partition coefficient (Wildman–Crippen LogP) is 1.12. The van der Waals surface area contributed by atoms with Gasteiger partial charge in [-0.05, 0) is 27.0 Å². The average Bonchev–Trinajstić information content (AvgIpc) is 2.90. The molecule has 1 N–H and O–H groups in total. The third-order valence-corrected chi connectivity index (χ3v) is 3.23. The van der Waals surface area contributed by atoms with Crippen molar-refractivity contribution in [1.29, 1.82) is 0 Å². The summed E-state index contributed by atoms with van der Waals surface area (Å²) >= 11 is 0. The summed E-state index contributed by atoms with van der Waals surface area (Å²) < 4.78 is 4.03. The van der Waals surface area contributed by atoms with Crippen LogP contribution in [0.3, 0.4) is 0 Å². The maximum Gasteiger partial charge on any atom is 0.0952 e. The van der Waals surface area contributed by atoms with E-state index >= 15 is 0 Å². The van der Waals surface area contributed by atoms with Gasteiger partial charge in [-0.2, -0.15) is 5.10 Å². The maximum absolute atomic E-state index is 4.24. The molecule has 2 rings (SSSR count). The van der Waals surface area contributed by atoms with E-state index in [1.54, 1.807) is 0 Å². The number of nitrogens with zero attached hydrogens (tertiary/aromatic N) is 4. The zero-order valence-corrected chi connectivity index (χ0v) is 10.8. The Balaban J connectivity index is 2.29. The summed E-state index contributed by atoms with van der Waals surface area (Å²) in [7, 11) is 3.91.